The highest BCUT2D eigenvalue weighted by atomic mass is 16.5. The van der Waals surface area contributed by atoms with E-state index < -0.39 is 17.3 Å². The van der Waals surface area contributed by atoms with Gasteiger partial charge in [-0.2, -0.15) is 0 Å². The molecule has 1 amide bonds. The Bertz CT molecular complexity index is 945. The minimum atomic E-state index is -1.64. The van der Waals surface area contributed by atoms with Crippen LogP contribution in [0.1, 0.15) is 32.3 Å². The van der Waals surface area contributed by atoms with Crippen LogP contribution < -0.4 is 11.1 Å². The van der Waals surface area contributed by atoms with Crippen LogP contribution in [-0.4, -0.2) is 24.3 Å². The number of rotatable bonds is 2. The van der Waals surface area contributed by atoms with Crippen LogP contribution in [0.3, 0.4) is 0 Å². The number of ether oxygens (including phenoxy) is 2. The molecule has 1 aromatic rings. The number of benzene rings is 1. The molecule has 140 valence electrons. The Labute approximate surface area is 156 Å². The van der Waals surface area contributed by atoms with Gasteiger partial charge >= 0.3 is 5.97 Å². The number of para-hydroxylation sites is 1. The van der Waals surface area contributed by atoms with Gasteiger partial charge in [0.25, 0.3) is 0 Å². The molecule has 3 aliphatic rings. The third kappa shape index (κ3) is 2.24. The van der Waals surface area contributed by atoms with Gasteiger partial charge in [-0.15, -0.1) is 0 Å². The molecule has 3 N–H and O–H groups in total. The van der Waals surface area contributed by atoms with Gasteiger partial charge in [-0.25, -0.2) is 4.79 Å². The number of hydrogen-bond acceptors (Lipinski definition) is 6. The Hall–Kier alpha value is -3.09. The van der Waals surface area contributed by atoms with Gasteiger partial charge in [-0.05, 0) is 18.9 Å². The second kappa shape index (κ2) is 5.97. The van der Waals surface area contributed by atoms with Crippen LogP contribution in [-0.2, 0) is 29.3 Å². The summed E-state index contributed by atoms with van der Waals surface area (Å²) in [6.45, 7) is 3.69. The lowest BCUT2D eigenvalue weighted by molar-refractivity contribution is -0.141. The zero-order valence-corrected chi connectivity index (χ0v) is 15.1. The highest BCUT2D eigenvalue weighted by Gasteiger charge is 2.61. The van der Waals surface area contributed by atoms with E-state index in [9.17, 15) is 14.4 Å². The fraction of sp³-hybridized carbons (Fsp3) is 0.350. The summed E-state index contributed by atoms with van der Waals surface area (Å²) in [7, 11) is 0. The van der Waals surface area contributed by atoms with Gasteiger partial charge in [0.2, 0.25) is 11.8 Å². The second-order valence-corrected chi connectivity index (χ2v) is 7.05. The molecule has 1 aliphatic carbocycles. The van der Waals surface area contributed by atoms with E-state index in [-0.39, 0.29) is 41.8 Å². The number of hydrogen-bond donors (Lipinski definition) is 2. The van der Waals surface area contributed by atoms with E-state index in [1.807, 2.05) is 6.92 Å². The first-order valence-corrected chi connectivity index (χ1v) is 8.94. The van der Waals surface area contributed by atoms with E-state index in [2.05, 4.69) is 5.32 Å². The lowest BCUT2D eigenvalue weighted by atomic mass is 9.64. The van der Waals surface area contributed by atoms with Crippen molar-refractivity contribution in [3.05, 3.63) is 52.6 Å². The number of carbonyl (C=O) groups is 3. The number of esters is 1. The Morgan fingerprint density at radius 2 is 2.07 bits per heavy atom. The summed E-state index contributed by atoms with van der Waals surface area (Å²) in [5, 5.41) is 2.79. The number of fused-ring (bicyclic) bond motifs is 3. The molecule has 2 heterocycles. The molecule has 0 radical (unpaired) electrons. The molecule has 2 aliphatic heterocycles. The Morgan fingerprint density at radius 1 is 1.33 bits per heavy atom. The molecule has 2 atom stereocenters. The maximum absolute atomic E-state index is 13.3. The molecule has 1 aromatic carbocycles. The number of Topliss-reactive ketones (excluding diaryl/α,β-unsaturated/α-hetero) is 1. The lowest BCUT2D eigenvalue weighted by Gasteiger charge is -2.39. The summed E-state index contributed by atoms with van der Waals surface area (Å²) in [4.78, 5) is 39.2. The number of anilines is 1. The van der Waals surface area contributed by atoms with Crippen molar-refractivity contribution in [2.75, 3.05) is 11.9 Å². The predicted octanol–water partition coefficient (Wildman–Crippen LogP) is 1.89. The first kappa shape index (κ1) is 17.3. The van der Waals surface area contributed by atoms with Crippen molar-refractivity contribution in [2.45, 2.75) is 32.1 Å². The summed E-state index contributed by atoms with van der Waals surface area (Å²) >= 11 is 0. The van der Waals surface area contributed by atoms with Gasteiger partial charge in [0.1, 0.15) is 16.7 Å². The molecule has 0 unspecified atom stereocenters. The number of nitrogens with two attached hydrogens (primary N) is 1. The second-order valence-electron chi connectivity index (χ2n) is 7.05. The molecule has 4 rings (SSSR count). The zero-order chi connectivity index (χ0) is 19.3. The first-order chi connectivity index (χ1) is 12.9. The minimum Gasteiger partial charge on any atom is -0.462 e. The average molecular weight is 368 g/mol. The molecular weight excluding hydrogens is 348 g/mol. The SMILES string of the molecule is CCOC(=O)C1=C(N)OC2=C(C(=O)C[C@@H](C)C2)[C@@]12C(=O)Nc1ccccc12. The standard InChI is InChI=1S/C20H20N2O5/c1-3-26-18(24)16-17(21)27-14-9-10(2)8-13(23)15(14)20(16)11-6-4-5-7-12(11)22-19(20)25/h4-7,10H,3,8-9,21H2,1-2H3,(H,22,25)/t10-,20-/m1/s1. The quantitative estimate of drug-likeness (QED) is 0.772. The van der Waals surface area contributed by atoms with Gasteiger partial charge in [0.05, 0.1) is 12.2 Å². The molecule has 7 heteroatoms. The fourth-order valence-corrected chi connectivity index (χ4v) is 4.28. The van der Waals surface area contributed by atoms with E-state index in [0.29, 0.717) is 23.4 Å². The maximum Gasteiger partial charge on any atom is 0.341 e. The van der Waals surface area contributed by atoms with Crippen LogP contribution in [0.5, 0.6) is 0 Å². The topological polar surface area (TPSA) is 108 Å². The van der Waals surface area contributed by atoms with Crippen LogP contribution >= 0.6 is 0 Å². The number of amides is 1. The van der Waals surface area contributed by atoms with E-state index in [1.54, 1.807) is 31.2 Å². The van der Waals surface area contributed by atoms with Gasteiger partial charge in [-0.1, -0.05) is 25.1 Å². The third-order valence-corrected chi connectivity index (χ3v) is 5.25. The van der Waals surface area contributed by atoms with Crippen LogP contribution in [0, 0.1) is 5.92 Å². The van der Waals surface area contributed by atoms with Crippen molar-refractivity contribution >= 4 is 23.3 Å². The minimum absolute atomic E-state index is 0.0601. The fourth-order valence-electron chi connectivity index (χ4n) is 4.28. The van der Waals surface area contributed by atoms with Crippen molar-refractivity contribution in [3.8, 4) is 0 Å². The molecule has 27 heavy (non-hydrogen) atoms. The van der Waals surface area contributed by atoms with Gasteiger partial charge in [-0.3, -0.25) is 9.59 Å². The first-order valence-electron chi connectivity index (χ1n) is 8.94. The maximum atomic E-state index is 13.3. The third-order valence-electron chi connectivity index (χ3n) is 5.25. The van der Waals surface area contributed by atoms with Crippen molar-refractivity contribution in [1.82, 2.24) is 0 Å². The van der Waals surface area contributed by atoms with Crippen molar-refractivity contribution in [1.29, 1.82) is 0 Å². The number of allylic oxidation sites excluding steroid dienone is 1. The van der Waals surface area contributed by atoms with Crippen LogP contribution in [0.25, 0.3) is 0 Å². The highest BCUT2D eigenvalue weighted by Crippen LogP contribution is 2.54. The molecule has 0 bridgehead atoms. The van der Waals surface area contributed by atoms with E-state index in [1.165, 1.54) is 0 Å². The average Bonchev–Trinajstić information content (AvgIpc) is 2.87. The molecule has 7 nitrogen and oxygen atoms in total. The summed E-state index contributed by atoms with van der Waals surface area (Å²) in [6, 6.07) is 6.98. The smallest absolute Gasteiger partial charge is 0.341 e. The number of ketones is 1. The van der Waals surface area contributed by atoms with Gasteiger partial charge in [0, 0.05) is 24.1 Å². The normalized spacial score (nSPS) is 26.5. The summed E-state index contributed by atoms with van der Waals surface area (Å²) in [6.07, 6.45) is 0.741. The van der Waals surface area contributed by atoms with Crippen LogP contribution in [0.2, 0.25) is 0 Å². The molecule has 0 saturated heterocycles. The number of nitrogens with one attached hydrogen (secondary N) is 1. The predicted molar refractivity (Wildman–Crippen MR) is 96.1 cm³/mol. The summed E-state index contributed by atoms with van der Waals surface area (Å²) in [5.74, 6) is -1.25. The monoisotopic (exact) mass is 368 g/mol. The number of carbonyl (C=O) groups excluding carboxylic acids is 3. The van der Waals surface area contributed by atoms with Crippen molar-refractivity contribution < 1.29 is 23.9 Å². The molecule has 0 saturated carbocycles. The molecular formula is C20H20N2O5. The molecule has 0 fully saturated rings. The Kier molecular flexibility index (Phi) is 3.83. The Balaban J connectivity index is 2.06. The largest absolute Gasteiger partial charge is 0.462 e. The van der Waals surface area contributed by atoms with Crippen LogP contribution in [0.4, 0.5) is 5.69 Å². The zero-order valence-electron chi connectivity index (χ0n) is 15.1. The van der Waals surface area contributed by atoms with Gasteiger partial charge in [0.15, 0.2) is 5.78 Å². The molecule has 0 aromatic heterocycles. The van der Waals surface area contributed by atoms with E-state index >= 15 is 0 Å². The highest BCUT2D eigenvalue weighted by molar-refractivity contribution is 6.22. The van der Waals surface area contributed by atoms with E-state index in [4.69, 9.17) is 15.2 Å². The van der Waals surface area contributed by atoms with E-state index in [0.717, 1.165) is 0 Å². The summed E-state index contributed by atoms with van der Waals surface area (Å²) < 4.78 is 10.9. The Morgan fingerprint density at radius 3 is 2.81 bits per heavy atom. The van der Waals surface area contributed by atoms with Gasteiger partial charge < -0.3 is 20.5 Å². The lowest BCUT2D eigenvalue weighted by Crippen LogP contribution is -2.49. The van der Waals surface area contributed by atoms with Crippen LogP contribution in [0.15, 0.2) is 47.1 Å². The van der Waals surface area contributed by atoms with Crippen molar-refractivity contribution in [3.63, 3.8) is 0 Å². The van der Waals surface area contributed by atoms with Crippen molar-refractivity contribution in [2.24, 2.45) is 11.7 Å². The molecule has 1 spiro atoms. The summed E-state index contributed by atoms with van der Waals surface area (Å²) in [5.41, 5.74) is 5.59.